The van der Waals surface area contributed by atoms with Crippen molar-refractivity contribution in [1.29, 1.82) is 0 Å². The number of aromatic amines is 1. The molecule has 0 saturated heterocycles. The summed E-state index contributed by atoms with van der Waals surface area (Å²) < 4.78 is 11.4. The van der Waals surface area contributed by atoms with Crippen LogP contribution in [-0.2, 0) is 0 Å². The fourth-order valence-electron chi connectivity index (χ4n) is 3.31. The lowest BCUT2D eigenvalue weighted by Crippen LogP contribution is -2.19. The number of fused-ring (bicyclic) bond motifs is 2. The highest BCUT2D eigenvalue weighted by atomic mass is 16.6. The molecule has 26 heavy (non-hydrogen) atoms. The highest BCUT2D eigenvalue weighted by Crippen LogP contribution is 2.37. The molecule has 0 spiro atoms. The van der Waals surface area contributed by atoms with E-state index in [1.807, 2.05) is 19.3 Å². The topological polar surface area (TPSA) is 84.1 Å². The lowest BCUT2D eigenvalue weighted by atomic mass is 9.95. The summed E-state index contributed by atoms with van der Waals surface area (Å²) >= 11 is 0. The van der Waals surface area contributed by atoms with Gasteiger partial charge in [-0.2, -0.15) is 0 Å². The van der Waals surface area contributed by atoms with E-state index in [2.05, 4.69) is 51.6 Å². The van der Waals surface area contributed by atoms with Gasteiger partial charge in [0.15, 0.2) is 11.5 Å². The number of H-pyrrole nitrogens is 1. The quantitative estimate of drug-likeness (QED) is 0.650. The molecule has 3 aromatic rings. The molecule has 0 aliphatic carbocycles. The number of nitrogens with one attached hydrogen (secondary N) is 3. The summed E-state index contributed by atoms with van der Waals surface area (Å²) in [6.07, 6.45) is 3.47. The van der Waals surface area contributed by atoms with Gasteiger partial charge in [-0.25, -0.2) is 9.97 Å². The second-order valence-electron chi connectivity index (χ2n) is 6.67. The third-order valence-electron chi connectivity index (χ3n) is 4.62. The molecule has 0 fully saturated rings. The lowest BCUT2D eigenvalue weighted by Gasteiger charge is -2.26. The first kappa shape index (κ1) is 16.5. The number of rotatable bonds is 5. The van der Waals surface area contributed by atoms with Crippen LogP contribution in [-0.4, -0.2) is 35.2 Å². The molecule has 0 saturated carbocycles. The largest absolute Gasteiger partial charge is 0.486 e. The maximum absolute atomic E-state index is 5.75. The van der Waals surface area contributed by atoms with Gasteiger partial charge in [-0.3, -0.25) is 0 Å². The number of nitrogens with zero attached hydrogens (tertiary/aromatic N) is 2. The normalized spacial score (nSPS) is 14.5. The van der Waals surface area contributed by atoms with Gasteiger partial charge in [-0.15, -0.1) is 0 Å². The van der Waals surface area contributed by atoms with E-state index in [4.69, 9.17) is 9.47 Å². The molecule has 2 aromatic heterocycles. The van der Waals surface area contributed by atoms with Gasteiger partial charge in [0.05, 0.1) is 17.1 Å². The fourth-order valence-corrected chi connectivity index (χ4v) is 3.31. The Balaban J connectivity index is 1.71. The van der Waals surface area contributed by atoms with Gasteiger partial charge in [-0.05, 0) is 23.6 Å². The van der Waals surface area contributed by atoms with Gasteiger partial charge in [0.1, 0.15) is 31.0 Å². The predicted octanol–water partition coefficient (Wildman–Crippen LogP) is 3.58. The molecule has 3 N–H and O–H groups in total. The average Bonchev–Trinajstić information content (AvgIpc) is 3.09. The van der Waals surface area contributed by atoms with E-state index < -0.39 is 0 Å². The van der Waals surface area contributed by atoms with Gasteiger partial charge in [0, 0.05) is 13.2 Å². The van der Waals surface area contributed by atoms with Crippen LogP contribution in [0.2, 0.25) is 0 Å². The van der Waals surface area contributed by atoms with Crippen molar-refractivity contribution in [2.45, 2.75) is 19.9 Å². The minimum Gasteiger partial charge on any atom is -0.486 e. The van der Waals surface area contributed by atoms with Crippen LogP contribution in [0.5, 0.6) is 11.5 Å². The van der Waals surface area contributed by atoms with Crippen LogP contribution < -0.4 is 20.1 Å². The Hall–Kier alpha value is -2.96. The summed E-state index contributed by atoms with van der Waals surface area (Å²) in [6, 6.07) is 6.19. The zero-order valence-corrected chi connectivity index (χ0v) is 15.2. The number of ether oxygens (including phenoxy) is 2. The maximum Gasteiger partial charge on any atom is 0.161 e. The van der Waals surface area contributed by atoms with Crippen molar-refractivity contribution >= 4 is 22.5 Å². The molecule has 1 atom stereocenters. The second kappa shape index (κ2) is 6.74. The molecular formula is C19H23N5O2. The Bertz CT molecular complexity index is 921. The summed E-state index contributed by atoms with van der Waals surface area (Å²) in [5, 5.41) is 7.74. The minimum absolute atomic E-state index is 0.0727. The summed E-state index contributed by atoms with van der Waals surface area (Å²) in [5.74, 6) is 2.75. The predicted molar refractivity (Wildman–Crippen MR) is 102 cm³/mol. The van der Waals surface area contributed by atoms with E-state index in [0.717, 1.165) is 39.6 Å². The van der Waals surface area contributed by atoms with Crippen LogP contribution in [0, 0.1) is 5.92 Å². The van der Waals surface area contributed by atoms with Gasteiger partial charge in [-0.1, -0.05) is 19.9 Å². The van der Waals surface area contributed by atoms with Crippen molar-refractivity contribution in [3.05, 3.63) is 36.3 Å². The molecular weight excluding hydrogens is 330 g/mol. The SMILES string of the molecule is CNc1c[nH]c2ncnc(N[C@@H](c3ccc4c(c3)OCCO4)C(C)C)c12. The lowest BCUT2D eigenvalue weighted by molar-refractivity contribution is 0.171. The van der Waals surface area contributed by atoms with E-state index in [1.54, 1.807) is 6.33 Å². The second-order valence-corrected chi connectivity index (χ2v) is 6.67. The van der Waals surface area contributed by atoms with Crippen molar-refractivity contribution in [2.75, 3.05) is 30.9 Å². The molecule has 1 aromatic carbocycles. The first-order chi connectivity index (χ1) is 12.7. The molecule has 136 valence electrons. The average molecular weight is 353 g/mol. The molecule has 3 heterocycles. The summed E-state index contributed by atoms with van der Waals surface area (Å²) in [7, 11) is 1.89. The maximum atomic E-state index is 5.75. The number of hydrogen-bond acceptors (Lipinski definition) is 6. The molecule has 4 rings (SSSR count). The molecule has 0 unspecified atom stereocenters. The van der Waals surface area contributed by atoms with Crippen molar-refractivity contribution in [3.8, 4) is 11.5 Å². The first-order valence-corrected chi connectivity index (χ1v) is 8.83. The Labute approximate surface area is 152 Å². The summed E-state index contributed by atoms with van der Waals surface area (Å²) in [6.45, 7) is 5.54. The Morgan fingerprint density at radius 3 is 2.69 bits per heavy atom. The number of aromatic nitrogens is 3. The van der Waals surface area contributed by atoms with Crippen LogP contribution >= 0.6 is 0 Å². The van der Waals surface area contributed by atoms with E-state index in [-0.39, 0.29) is 6.04 Å². The molecule has 0 radical (unpaired) electrons. The van der Waals surface area contributed by atoms with Gasteiger partial charge in [0.25, 0.3) is 0 Å². The van der Waals surface area contributed by atoms with Crippen molar-refractivity contribution in [3.63, 3.8) is 0 Å². The van der Waals surface area contributed by atoms with Crippen LogP contribution in [0.15, 0.2) is 30.7 Å². The molecule has 0 amide bonds. The van der Waals surface area contributed by atoms with Crippen molar-refractivity contribution in [1.82, 2.24) is 15.0 Å². The zero-order valence-electron chi connectivity index (χ0n) is 15.2. The van der Waals surface area contributed by atoms with Crippen LogP contribution in [0.1, 0.15) is 25.5 Å². The van der Waals surface area contributed by atoms with Crippen molar-refractivity contribution < 1.29 is 9.47 Å². The Morgan fingerprint density at radius 2 is 1.92 bits per heavy atom. The number of benzene rings is 1. The van der Waals surface area contributed by atoms with E-state index in [9.17, 15) is 0 Å². The zero-order chi connectivity index (χ0) is 18.1. The number of hydrogen-bond donors (Lipinski definition) is 3. The highest BCUT2D eigenvalue weighted by Gasteiger charge is 2.22. The van der Waals surface area contributed by atoms with Crippen LogP contribution in [0.3, 0.4) is 0 Å². The van der Waals surface area contributed by atoms with Crippen LogP contribution in [0.4, 0.5) is 11.5 Å². The third-order valence-corrected chi connectivity index (χ3v) is 4.62. The van der Waals surface area contributed by atoms with Crippen LogP contribution in [0.25, 0.3) is 11.0 Å². The van der Waals surface area contributed by atoms with E-state index >= 15 is 0 Å². The first-order valence-electron chi connectivity index (χ1n) is 8.83. The molecule has 1 aliphatic rings. The molecule has 0 bridgehead atoms. The highest BCUT2D eigenvalue weighted by molar-refractivity contribution is 5.98. The van der Waals surface area contributed by atoms with E-state index in [0.29, 0.717) is 19.1 Å². The minimum atomic E-state index is 0.0727. The fraction of sp³-hybridized carbons (Fsp3) is 0.368. The Morgan fingerprint density at radius 1 is 1.12 bits per heavy atom. The molecule has 7 heteroatoms. The van der Waals surface area contributed by atoms with E-state index in [1.165, 1.54) is 0 Å². The van der Waals surface area contributed by atoms with Crippen molar-refractivity contribution in [2.24, 2.45) is 5.92 Å². The number of anilines is 2. The van der Waals surface area contributed by atoms with Gasteiger partial charge >= 0.3 is 0 Å². The monoisotopic (exact) mass is 353 g/mol. The molecule has 7 nitrogen and oxygen atoms in total. The Kier molecular flexibility index (Phi) is 4.28. The van der Waals surface area contributed by atoms with Gasteiger partial charge < -0.3 is 25.1 Å². The summed E-state index contributed by atoms with van der Waals surface area (Å²) in [4.78, 5) is 12.0. The van der Waals surface area contributed by atoms with Gasteiger partial charge in [0.2, 0.25) is 0 Å². The third kappa shape index (κ3) is 2.89. The smallest absolute Gasteiger partial charge is 0.161 e. The standard InChI is InChI=1S/C19H23N5O2/c1-11(2)17(12-4-5-14-15(8-12)26-7-6-25-14)24-19-16-13(20-3)9-21-18(16)22-10-23-19/h4-5,8-11,17,20H,6-7H2,1-3H3,(H2,21,22,23,24)/t17-/m1/s1. The summed E-state index contributed by atoms with van der Waals surface area (Å²) in [5.41, 5.74) is 2.90. The molecule has 1 aliphatic heterocycles.